The molecule has 188 valence electrons. The summed E-state index contributed by atoms with van der Waals surface area (Å²) < 4.78 is 0. The van der Waals surface area contributed by atoms with Gasteiger partial charge in [-0.15, -0.1) is 0 Å². The van der Waals surface area contributed by atoms with Crippen LogP contribution in [0.25, 0.3) is 22.4 Å². The normalized spacial score (nSPS) is 11.9. The van der Waals surface area contributed by atoms with E-state index < -0.39 is 0 Å². The summed E-state index contributed by atoms with van der Waals surface area (Å²) in [5.74, 6) is 0. The van der Waals surface area contributed by atoms with E-state index in [9.17, 15) is 5.26 Å². The van der Waals surface area contributed by atoms with E-state index in [0.29, 0.717) is 11.3 Å². The zero-order valence-corrected chi connectivity index (χ0v) is 21.6. The third kappa shape index (κ3) is 3.89. The summed E-state index contributed by atoms with van der Waals surface area (Å²) in [5, 5.41) is 9.74. The zero-order chi connectivity index (χ0) is 26.9. The number of benzene rings is 5. The highest BCUT2D eigenvalue weighted by Crippen LogP contribution is 2.54. The number of rotatable bonds is 4. The molecule has 1 aliphatic heterocycles. The van der Waals surface area contributed by atoms with Gasteiger partial charge in [0.05, 0.1) is 34.0 Å². The Morgan fingerprint density at radius 1 is 0.500 bits per heavy atom. The van der Waals surface area contributed by atoms with Crippen molar-refractivity contribution in [3.8, 4) is 28.5 Å². The van der Waals surface area contributed by atoms with Crippen molar-refractivity contribution in [1.82, 2.24) is 4.98 Å². The Morgan fingerprint density at radius 2 is 1.05 bits per heavy atom. The van der Waals surface area contributed by atoms with Crippen LogP contribution in [0.15, 0.2) is 146 Å². The predicted molar refractivity (Wildman–Crippen MR) is 163 cm³/mol. The summed E-state index contributed by atoms with van der Waals surface area (Å²) in [7, 11) is 0. The lowest BCUT2D eigenvalue weighted by molar-refractivity contribution is 1.17. The number of hydrogen-bond donors (Lipinski definition) is 0. The minimum Gasteiger partial charge on any atom is -0.306 e. The van der Waals surface area contributed by atoms with Gasteiger partial charge in [-0.2, -0.15) is 5.26 Å². The van der Waals surface area contributed by atoms with E-state index in [2.05, 4.69) is 124 Å². The SMILES string of the molecule is N#Cc1cccnc1-c1ccccc1-c1cccc(N2c3ccccc3N(c3ccccc3)c3ccccc32)c1. The molecule has 0 saturated carbocycles. The molecule has 40 heavy (non-hydrogen) atoms. The smallest absolute Gasteiger partial charge is 0.101 e. The molecule has 2 heterocycles. The molecule has 0 aliphatic carbocycles. The molecule has 0 N–H and O–H groups in total. The van der Waals surface area contributed by atoms with Crippen LogP contribution in [-0.4, -0.2) is 4.98 Å². The van der Waals surface area contributed by atoms with Gasteiger partial charge in [-0.25, -0.2) is 0 Å². The summed E-state index contributed by atoms with van der Waals surface area (Å²) in [4.78, 5) is 9.23. The molecule has 4 heteroatoms. The number of fused-ring (bicyclic) bond motifs is 2. The highest BCUT2D eigenvalue weighted by Gasteiger charge is 2.30. The lowest BCUT2D eigenvalue weighted by atomic mass is 9.94. The van der Waals surface area contributed by atoms with E-state index in [-0.39, 0.29) is 0 Å². The van der Waals surface area contributed by atoms with Crippen LogP contribution < -0.4 is 9.80 Å². The molecular weight excluding hydrogens is 488 g/mol. The van der Waals surface area contributed by atoms with Crippen molar-refractivity contribution in [2.24, 2.45) is 0 Å². The average Bonchev–Trinajstić information content (AvgIpc) is 3.04. The highest BCUT2D eigenvalue weighted by atomic mass is 15.3. The monoisotopic (exact) mass is 512 g/mol. The average molecular weight is 513 g/mol. The first-order valence-corrected chi connectivity index (χ1v) is 13.2. The third-order valence-corrected chi connectivity index (χ3v) is 7.27. The van der Waals surface area contributed by atoms with Crippen LogP contribution in [0.3, 0.4) is 0 Å². The van der Waals surface area contributed by atoms with E-state index in [0.717, 1.165) is 50.8 Å². The Bertz CT molecular complexity index is 1840. The van der Waals surface area contributed by atoms with E-state index in [4.69, 9.17) is 0 Å². The molecular formula is C36H24N4. The highest BCUT2D eigenvalue weighted by molar-refractivity contribution is 6.01. The predicted octanol–water partition coefficient (Wildman–Crippen LogP) is 9.54. The van der Waals surface area contributed by atoms with Gasteiger partial charge in [-0.05, 0) is 71.8 Å². The largest absolute Gasteiger partial charge is 0.306 e. The summed E-state index contributed by atoms with van der Waals surface area (Å²) in [6.45, 7) is 0. The standard InChI is InChI=1S/C36H24N4/c37-25-27-13-11-23-38-36(27)31-18-5-4-17-30(31)26-12-10-16-29(24-26)40-34-21-8-6-19-32(34)39(28-14-2-1-3-15-28)33-20-7-9-22-35(33)40/h1-24H. The molecule has 0 radical (unpaired) electrons. The van der Waals surface area contributed by atoms with Gasteiger partial charge in [0, 0.05) is 23.1 Å². The van der Waals surface area contributed by atoms with Gasteiger partial charge < -0.3 is 9.80 Å². The van der Waals surface area contributed by atoms with Crippen LogP contribution in [0.1, 0.15) is 5.56 Å². The van der Waals surface area contributed by atoms with Crippen LogP contribution >= 0.6 is 0 Å². The first-order valence-electron chi connectivity index (χ1n) is 13.2. The van der Waals surface area contributed by atoms with Gasteiger partial charge in [0.1, 0.15) is 6.07 Å². The van der Waals surface area contributed by atoms with Crippen molar-refractivity contribution in [2.75, 3.05) is 9.80 Å². The Hall–Kier alpha value is -5.66. The number of nitriles is 1. The number of hydrogen-bond acceptors (Lipinski definition) is 4. The zero-order valence-electron chi connectivity index (χ0n) is 21.6. The number of anilines is 6. The quantitative estimate of drug-likeness (QED) is 0.235. The van der Waals surface area contributed by atoms with E-state index >= 15 is 0 Å². The maximum atomic E-state index is 9.74. The second kappa shape index (κ2) is 9.90. The number of para-hydroxylation sites is 5. The fourth-order valence-corrected chi connectivity index (χ4v) is 5.54. The van der Waals surface area contributed by atoms with Crippen LogP contribution in [0.5, 0.6) is 0 Å². The minimum absolute atomic E-state index is 0.561. The molecule has 0 saturated heterocycles. The third-order valence-electron chi connectivity index (χ3n) is 7.27. The molecule has 0 amide bonds. The lowest BCUT2D eigenvalue weighted by Crippen LogP contribution is -2.23. The summed E-state index contributed by atoms with van der Waals surface area (Å²) in [6, 6.07) is 50.2. The van der Waals surface area contributed by atoms with Crippen molar-refractivity contribution >= 4 is 34.1 Å². The van der Waals surface area contributed by atoms with Gasteiger partial charge in [-0.1, -0.05) is 78.9 Å². The Labute approximate surface area is 233 Å². The number of pyridine rings is 1. The van der Waals surface area contributed by atoms with Crippen LogP contribution in [-0.2, 0) is 0 Å². The molecule has 4 nitrogen and oxygen atoms in total. The van der Waals surface area contributed by atoms with Crippen LogP contribution in [0.4, 0.5) is 34.1 Å². The molecule has 1 aromatic heterocycles. The first-order chi connectivity index (χ1) is 19.8. The summed E-state index contributed by atoms with van der Waals surface area (Å²) in [5.41, 5.74) is 10.9. The second-order valence-electron chi connectivity index (χ2n) is 9.59. The van der Waals surface area contributed by atoms with Gasteiger partial charge in [0.2, 0.25) is 0 Å². The van der Waals surface area contributed by atoms with Gasteiger partial charge >= 0.3 is 0 Å². The Morgan fingerprint density at radius 3 is 1.70 bits per heavy atom. The molecule has 6 aromatic rings. The van der Waals surface area contributed by atoms with Crippen molar-refractivity contribution in [3.05, 3.63) is 151 Å². The molecule has 5 aromatic carbocycles. The Kier molecular flexibility index (Phi) is 5.81. The van der Waals surface area contributed by atoms with Gasteiger partial charge in [0.25, 0.3) is 0 Å². The molecule has 0 atom stereocenters. The molecule has 0 unspecified atom stereocenters. The molecule has 7 rings (SSSR count). The van der Waals surface area contributed by atoms with E-state index in [1.165, 1.54) is 0 Å². The van der Waals surface area contributed by atoms with Crippen molar-refractivity contribution in [2.45, 2.75) is 0 Å². The van der Waals surface area contributed by atoms with Gasteiger partial charge in [-0.3, -0.25) is 4.98 Å². The van der Waals surface area contributed by atoms with Crippen LogP contribution in [0, 0.1) is 11.3 Å². The molecule has 0 fully saturated rings. The fourth-order valence-electron chi connectivity index (χ4n) is 5.54. The molecule has 0 bridgehead atoms. The maximum Gasteiger partial charge on any atom is 0.101 e. The fraction of sp³-hybridized carbons (Fsp3) is 0. The minimum atomic E-state index is 0.561. The van der Waals surface area contributed by atoms with Crippen molar-refractivity contribution in [1.29, 1.82) is 5.26 Å². The Balaban J connectivity index is 1.40. The maximum absolute atomic E-state index is 9.74. The summed E-state index contributed by atoms with van der Waals surface area (Å²) in [6.07, 6.45) is 1.74. The summed E-state index contributed by atoms with van der Waals surface area (Å²) >= 11 is 0. The molecule has 1 aliphatic rings. The van der Waals surface area contributed by atoms with E-state index in [1.807, 2.05) is 30.3 Å². The number of nitrogens with zero attached hydrogens (tertiary/aromatic N) is 4. The van der Waals surface area contributed by atoms with Crippen molar-refractivity contribution in [3.63, 3.8) is 0 Å². The lowest BCUT2D eigenvalue weighted by Gasteiger charge is -2.40. The second-order valence-corrected chi connectivity index (χ2v) is 9.59. The van der Waals surface area contributed by atoms with E-state index in [1.54, 1.807) is 12.3 Å². The van der Waals surface area contributed by atoms with Gasteiger partial charge in [0.15, 0.2) is 0 Å². The van der Waals surface area contributed by atoms with Crippen LogP contribution in [0.2, 0.25) is 0 Å². The topological polar surface area (TPSA) is 43.2 Å². The first kappa shape index (κ1) is 23.5. The number of aromatic nitrogens is 1. The van der Waals surface area contributed by atoms with Crippen molar-refractivity contribution < 1.29 is 0 Å². The molecule has 0 spiro atoms.